The van der Waals surface area contributed by atoms with E-state index in [1.807, 2.05) is 7.05 Å². The fraction of sp³-hybridized carbons (Fsp3) is 0.538. The van der Waals surface area contributed by atoms with Crippen molar-refractivity contribution in [3.8, 4) is 0 Å². The second-order valence-corrected chi connectivity index (χ2v) is 6.98. The maximum Gasteiger partial charge on any atom is 0.269 e. The number of benzene rings is 1. The summed E-state index contributed by atoms with van der Waals surface area (Å²) in [6.07, 6.45) is 3.01. The van der Waals surface area contributed by atoms with Gasteiger partial charge in [-0.25, -0.2) is 13.1 Å². The van der Waals surface area contributed by atoms with Crippen molar-refractivity contribution in [1.82, 2.24) is 9.62 Å². The molecule has 0 amide bonds. The predicted octanol–water partition coefficient (Wildman–Crippen LogP) is 1.36. The van der Waals surface area contributed by atoms with E-state index in [4.69, 9.17) is 0 Å². The van der Waals surface area contributed by atoms with Gasteiger partial charge in [-0.2, -0.15) is 0 Å². The second-order valence-electron chi connectivity index (χ2n) is 5.21. The van der Waals surface area contributed by atoms with Crippen molar-refractivity contribution in [3.63, 3.8) is 0 Å². The van der Waals surface area contributed by atoms with Crippen LogP contribution in [-0.4, -0.2) is 44.4 Å². The molecule has 1 saturated heterocycles. The van der Waals surface area contributed by atoms with Gasteiger partial charge in [-0.05, 0) is 45.0 Å². The number of hydrogen-bond acceptors (Lipinski definition) is 5. The molecule has 1 aliphatic rings. The maximum atomic E-state index is 12.1. The summed E-state index contributed by atoms with van der Waals surface area (Å²) in [4.78, 5) is 12.3. The van der Waals surface area contributed by atoms with E-state index in [0.29, 0.717) is 12.6 Å². The highest BCUT2D eigenvalue weighted by atomic mass is 32.2. The molecule has 1 unspecified atom stereocenters. The molecule has 1 aliphatic heterocycles. The van der Waals surface area contributed by atoms with E-state index in [-0.39, 0.29) is 10.6 Å². The molecule has 1 fully saturated rings. The van der Waals surface area contributed by atoms with E-state index in [0.717, 1.165) is 25.8 Å². The fourth-order valence-electron chi connectivity index (χ4n) is 2.53. The van der Waals surface area contributed by atoms with Crippen LogP contribution in [-0.2, 0) is 10.0 Å². The Hall–Kier alpha value is -1.51. The van der Waals surface area contributed by atoms with Crippen molar-refractivity contribution in [2.75, 3.05) is 20.1 Å². The molecular formula is C13H19N3O4S. The number of nitro groups is 1. The van der Waals surface area contributed by atoms with Crippen LogP contribution in [0.15, 0.2) is 29.2 Å². The minimum absolute atomic E-state index is 0.0490. The predicted molar refractivity (Wildman–Crippen MR) is 78.6 cm³/mol. The Bertz CT molecular complexity index is 600. The Morgan fingerprint density at radius 1 is 1.38 bits per heavy atom. The standard InChI is InChI=1S/C13H19N3O4S/c1-15-10-2-3-11(15)8-9-14-21(19,20)13-6-4-12(5-7-13)16(17)18/h4-7,11,14H,2-3,8-10H2,1H3. The molecule has 0 radical (unpaired) electrons. The molecule has 116 valence electrons. The van der Waals surface area contributed by atoms with Crippen LogP contribution in [0.4, 0.5) is 5.69 Å². The van der Waals surface area contributed by atoms with Crippen LogP contribution in [0, 0.1) is 10.1 Å². The molecule has 1 atom stereocenters. The van der Waals surface area contributed by atoms with E-state index < -0.39 is 14.9 Å². The van der Waals surface area contributed by atoms with Crippen LogP contribution in [0.1, 0.15) is 19.3 Å². The number of nitrogens with one attached hydrogen (secondary N) is 1. The lowest BCUT2D eigenvalue weighted by Gasteiger charge is -2.19. The topological polar surface area (TPSA) is 92.6 Å². The highest BCUT2D eigenvalue weighted by molar-refractivity contribution is 7.89. The summed E-state index contributed by atoms with van der Waals surface area (Å²) in [7, 11) is -1.56. The van der Waals surface area contributed by atoms with Crippen molar-refractivity contribution >= 4 is 15.7 Å². The van der Waals surface area contributed by atoms with E-state index >= 15 is 0 Å². The van der Waals surface area contributed by atoms with Gasteiger partial charge in [0.05, 0.1) is 9.82 Å². The lowest BCUT2D eigenvalue weighted by molar-refractivity contribution is -0.384. The summed E-state index contributed by atoms with van der Waals surface area (Å²) < 4.78 is 26.7. The first kappa shape index (κ1) is 15.9. The average Bonchev–Trinajstić information content (AvgIpc) is 2.84. The minimum Gasteiger partial charge on any atom is -0.303 e. The quantitative estimate of drug-likeness (QED) is 0.632. The Morgan fingerprint density at radius 2 is 2.05 bits per heavy atom. The average molecular weight is 313 g/mol. The van der Waals surface area contributed by atoms with Gasteiger partial charge in [0.15, 0.2) is 0 Å². The summed E-state index contributed by atoms with van der Waals surface area (Å²) >= 11 is 0. The van der Waals surface area contributed by atoms with Crippen LogP contribution in [0.25, 0.3) is 0 Å². The number of sulfonamides is 1. The van der Waals surface area contributed by atoms with E-state index in [1.54, 1.807) is 0 Å². The molecule has 0 aromatic heterocycles. The van der Waals surface area contributed by atoms with Crippen molar-refractivity contribution in [2.45, 2.75) is 30.2 Å². The highest BCUT2D eigenvalue weighted by Gasteiger charge is 2.21. The van der Waals surface area contributed by atoms with Gasteiger partial charge in [-0.1, -0.05) is 0 Å². The molecule has 1 aromatic rings. The second kappa shape index (κ2) is 6.50. The highest BCUT2D eigenvalue weighted by Crippen LogP contribution is 2.18. The van der Waals surface area contributed by atoms with E-state index in [2.05, 4.69) is 9.62 Å². The number of hydrogen-bond donors (Lipinski definition) is 1. The molecule has 8 heteroatoms. The third-order valence-corrected chi connectivity index (χ3v) is 5.28. The third kappa shape index (κ3) is 3.99. The maximum absolute atomic E-state index is 12.1. The zero-order valence-corrected chi connectivity index (χ0v) is 12.7. The monoisotopic (exact) mass is 313 g/mol. The van der Waals surface area contributed by atoms with Crippen molar-refractivity contribution in [1.29, 1.82) is 0 Å². The molecule has 2 rings (SSSR count). The summed E-state index contributed by atoms with van der Waals surface area (Å²) in [5, 5.41) is 10.5. The molecule has 0 aliphatic carbocycles. The van der Waals surface area contributed by atoms with E-state index in [1.165, 1.54) is 24.3 Å². The van der Waals surface area contributed by atoms with Crippen LogP contribution in [0.5, 0.6) is 0 Å². The number of rotatable bonds is 6. The number of nitrogens with zero attached hydrogens (tertiary/aromatic N) is 2. The number of non-ortho nitro benzene ring substituents is 1. The van der Waals surface area contributed by atoms with Gasteiger partial charge >= 0.3 is 0 Å². The van der Waals surface area contributed by atoms with Gasteiger partial charge in [0.2, 0.25) is 10.0 Å². The lowest BCUT2D eigenvalue weighted by atomic mass is 10.1. The molecule has 7 nitrogen and oxygen atoms in total. The van der Waals surface area contributed by atoms with Crippen LogP contribution >= 0.6 is 0 Å². The SMILES string of the molecule is CN1CCCC1CCNS(=O)(=O)c1ccc([N+](=O)[O-])cc1. The largest absolute Gasteiger partial charge is 0.303 e. The van der Waals surface area contributed by atoms with Gasteiger partial charge in [-0.3, -0.25) is 10.1 Å². The number of nitro benzene ring substituents is 1. The van der Waals surface area contributed by atoms with Gasteiger partial charge < -0.3 is 4.90 Å². The summed E-state index contributed by atoms with van der Waals surface area (Å²) in [5.74, 6) is 0. The summed E-state index contributed by atoms with van der Waals surface area (Å²) in [5.41, 5.74) is -0.124. The zero-order valence-electron chi connectivity index (χ0n) is 11.9. The minimum atomic E-state index is -3.60. The Morgan fingerprint density at radius 3 is 2.57 bits per heavy atom. The zero-order chi connectivity index (χ0) is 15.5. The first-order chi connectivity index (χ1) is 9.90. The van der Waals surface area contributed by atoms with Crippen LogP contribution in [0.3, 0.4) is 0 Å². The third-order valence-electron chi connectivity index (χ3n) is 3.80. The molecule has 1 N–H and O–H groups in total. The molecule has 0 spiro atoms. The van der Waals surface area contributed by atoms with Gasteiger partial charge in [0.1, 0.15) is 0 Å². The van der Waals surface area contributed by atoms with Gasteiger partial charge in [0, 0.05) is 24.7 Å². The molecular weight excluding hydrogens is 294 g/mol. The lowest BCUT2D eigenvalue weighted by Crippen LogP contribution is -2.31. The van der Waals surface area contributed by atoms with Gasteiger partial charge in [0.25, 0.3) is 5.69 Å². The molecule has 21 heavy (non-hydrogen) atoms. The Balaban J connectivity index is 1.93. The number of likely N-dealkylation sites (tertiary alicyclic amines) is 1. The van der Waals surface area contributed by atoms with Crippen LogP contribution in [0.2, 0.25) is 0 Å². The molecule has 0 bridgehead atoms. The molecule has 1 aromatic carbocycles. The van der Waals surface area contributed by atoms with E-state index in [9.17, 15) is 18.5 Å². The summed E-state index contributed by atoms with van der Waals surface area (Å²) in [6, 6.07) is 5.31. The molecule has 0 saturated carbocycles. The Kier molecular flexibility index (Phi) is 4.92. The first-order valence-corrected chi connectivity index (χ1v) is 8.33. The molecule has 1 heterocycles. The smallest absolute Gasteiger partial charge is 0.269 e. The van der Waals surface area contributed by atoms with Gasteiger partial charge in [-0.15, -0.1) is 0 Å². The Labute approximate surface area is 124 Å². The van der Waals surface area contributed by atoms with Crippen LogP contribution < -0.4 is 4.72 Å². The fourth-order valence-corrected chi connectivity index (χ4v) is 3.58. The van der Waals surface area contributed by atoms with Crippen molar-refractivity contribution in [2.24, 2.45) is 0 Å². The first-order valence-electron chi connectivity index (χ1n) is 6.84. The van der Waals surface area contributed by atoms with Crippen molar-refractivity contribution in [3.05, 3.63) is 34.4 Å². The summed E-state index contributed by atoms with van der Waals surface area (Å²) in [6.45, 7) is 1.42. The van der Waals surface area contributed by atoms with Crippen molar-refractivity contribution < 1.29 is 13.3 Å². The normalized spacial score (nSPS) is 19.8.